The van der Waals surface area contributed by atoms with Crippen LogP contribution in [0.2, 0.25) is 0 Å². The van der Waals surface area contributed by atoms with E-state index in [4.69, 9.17) is 14.0 Å². The van der Waals surface area contributed by atoms with Gasteiger partial charge in [-0.2, -0.15) is 0 Å². The molecule has 5 atom stereocenters. The van der Waals surface area contributed by atoms with Gasteiger partial charge in [-0.25, -0.2) is 18.9 Å². The first-order valence-corrected chi connectivity index (χ1v) is 12.9. The Hall–Kier alpha value is -2.39. The molecule has 1 saturated heterocycles. The van der Waals surface area contributed by atoms with Crippen LogP contribution in [0.25, 0.3) is 0 Å². The first-order valence-electron chi connectivity index (χ1n) is 10.8. The zero-order chi connectivity index (χ0) is 25.1. The summed E-state index contributed by atoms with van der Waals surface area (Å²) >= 11 is 0. The van der Waals surface area contributed by atoms with E-state index >= 15 is 0 Å². The summed E-state index contributed by atoms with van der Waals surface area (Å²) in [6, 6.07) is 8.19. The van der Waals surface area contributed by atoms with E-state index in [0.717, 1.165) is 5.56 Å². The molecule has 1 aromatic carbocycles. The summed E-state index contributed by atoms with van der Waals surface area (Å²) in [5.74, 6) is -4.93. The summed E-state index contributed by atoms with van der Waals surface area (Å²) in [7, 11) is -3.53. The largest absolute Gasteiger partial charge is 0.460 e. The Kier molecular flexibility index (Phi) is 8.08. The van der Waals surface area contributed by atoms with Crippen molar-refractivity contribution in [3.05, 3.63) is 60.6 Å². The van der Waals surface area contributed by atoms with Gasteiger partial charge in [-0.05, 0) is 25.5 Å². The van der Waals surface area contributed by atoms with Crippen molar-refractivity contribution in [1.82, 2.24) is 9.99 Å². The number of alkyl halides is 2. The summed E-state index contributed by atoms with van der Waals surface area (Å²) in [4.78, 5) is 17.5. The second-order valence-corrected chi connectivity index (χ2v) is 10.7. The summed E-state index contributed by atoms with van der Waals surface area (Å²) in [6.45, 7) is 9.28. The topological polar surface area (TPSA) is 89.5 Å². The van der Waals surface area contributed by atoms with Gasteiger partial charge in [-0.1, -0.05) is 43.8 Å². The predicted molar refractivity (Wildman–Crippen MR) is 124 cm³/mol. The number of carbonyl (C=O) groups excluding carboxylic acids is 1. The van der Waals surface area contributed by atoms with Crippen LogP contribution >= 0.6 is 7.52 Å². The van der Waals surface area contributed by atoms with Crippen LogP contribution in [0.4, 0.5) is 8.78 Å². The molecule has 2 aliphatic rings. The molecule has 2 aliphatic heterocycles. The third-order valence-electron chi connectivity index (χ3n) is 5.62. The molecule has 34 heavy (non-hydrogen) atoms. The Labute approximate surface area is 198 Å². The van der Waals surface area contributed by atoms with Gasteiger partial charge in [-0.15, -0.1) is 0 Å². The van der Waals surface area contributed by atoms with E-state index < -0.39 is 43.7 Å². The molecule has 1 N–H and O–H groups in total. The maximum Gasteiger partial charge on any atom is 0.323 e. The monoisotopic (exact) mass is 497 g/mol. The molecule has 0 aromatic heterocycles. The number of halogens is 2. The van der Waals surface area contributed by atoms with E-state index in [1.165, 1.54) is 31.6 Å². The molecule has 1 aromatic rings. The van der Waals surface area contributed by atoms with Gasteiger partial charge in [0.15, 0.2) is 6.23 Å². The van der Waals surface area contributed by atoms with Gasteiger partial charge in [0.25, 0.3) is 13.4 Å². The summed E-state index contributed by atoms with van der Waals surface area (Å²) in [6.07, 6.45) is 0.385. The zero-order valence-electron chi connectivity index (χ0n) is 19.6. The van der Waals surface area contributed by atoms with Crippen LogP contribution in [0, 0.1) is 5.92 Å². The number of esters is 1. The van der Waals surface area contributed by atoms with E-state index in [0.29, 0.717) is 5.71 Å². The van der Waals surface area contributed by atoms with Crippen molar-refractivity contribution in [3.8, 4) is 0 Å². The quantitative estimate of drug-likeness (QED) is 0.402. The van der Waals surface area contributed by atoms with E-state index in [-0.39, 0.29) is 19.0 Å². The number of allylic oxidation sites excluding steroid dienone is 1. The van der Waals surface area contributed by atoms with Crippen molar-refractivity contribution in [2.75, 3.05) is 13.3 Å². The van der Waals surface area contributed by atoms with E-state index in [2.05, 4.69) is 16.7 Å². The first kappa shape index (κ1) is 26.2. The lowest BCUT2D eigenvalue weighted by Crippen LogP contribution is -2.44. The fourth-order valence-electron chi connectivity index (χ4n) is 3.58. The standard InChI is InChI=1S/C23H30F2N3O5P/c1-15-11-12-28(18(4)26-15)22-23(24,25)16(2)20(33-22)14-32-34(5,30)27-17(3)21(29)31-13-19-9-7-6-8-10-19/h6-12,16-17,20,22H,4,13-14H2,1-3,5H3,(H,27,30)/t16?,17-,20+,22+,34?/m0/s1. The second kappa shape index (κ2) is 10.5. The Morgan fingerprint density at radius 1 is 1.38 bits per heavy atom. The van der Waals surface area contributed by atoms with Crippen LogP contribution in [-0.2, 0) is 30.0 Å². The fourth-order valence-corrected chi connectivity index (χ4v) is 4.89. The smallest absolute Gasteiger partial charge is 0.323 e. The molecule has 0 saturated carbocycles. The first-order chi connectivity index (χ1) is 15.9. The number of ether oxygens (including phenoxy) is 2. The Morgan fingerprint density at radius 2 is 2.06 bits per heavy atom. The average molecular weight is 497 g/mol. The summed E-state index contributed by atoms with van der Waals surface area (Å²) < 4.78 is 59.1. The zero-order valence-corrected chi connectivity index (χ0v) is 20.5. The van der Waals surface area contributed by atoms with E-state index in [9.17, 15) is 18.1 Å². The molecule has 11 heteroatoms. The highest BCUT2D eigenvalue weighted by Crippen LogP contribution is 2.46. The Bertz CT molecular complexity index is 1020. The molecule has 2 unspecified atom stereocenters. The number of rotatable bonds is 9. The predicted octanol–water partition coefficient (Wildman–Crippen LogP) is 4.31. The molecule has 0 aliphatic carbocycles. The Morgan fingerprint density at radius 3 is 2.71 bits per heavy atom. The Balaban J connectivity index is 1.54. The lowest BCUT2D eigenvalue weighted by Gasteiger charge is -2.32. The molecule has 2 heterocycles. The van der Waals surface area contributed by atoms with Gasteiger partial charge in [0.05, 0.1) is 18.6 Å². The van der Waals surface area contributed by atoms with Crippen molar-refractivity contribution in [2.45, 2.75) is 51.7 Å². The molecule has 0 spiro atoms. The lowest BCUT2D eigenvalue weighted by molar-refractivity contribution is -0.146. The lowest BCUT2D eigenvalue weighted by atomic mass is 9.99. The highest BCUT2D eigenvalue weighted by molar-refractivity contribution is 7.56. The number of carbonyl (C=O) groups is 1. The van der Waals surface area contributed by atoms with Gasteiger partial charge in [0.1, 0.15) is 18.5 Å². The normalized spacial score (nSPS) is 26.6. The van der Waals surface area contributed by atoms with E-state index in [1.54, 1.807) is 13.0 Å². The van der Waals surface area contributed by atoms with Crippen LogP contribution in [0.15, 0.2) is 60.0 Å². The van der Waals surface area contributed by atoms with Crippen LogP contribution in [0.1, 0.15) is 26.3 Å². The van der Waals surface area contributed by atoms with Crippen molar-refractivity contribution in [1.29, 1.82) is 0 Å². The molecule has 8 nitrogen and oxygen atoms in total. The molecule has 0 amide bonds. The molecule has 0 radical (unpaired) electrons. The number of nitrogens with one attached hydrogen (secondary N) is 1. The van der Waals surface area contributed by atoms with Crippen molar-refractivity contribution >= 4 is 19.2 Å². The number of aliphatic imine (C=N–C) groups is 1. The van der Waals surface area contributed by atoms with Gasteiger partial charge >= 0.3 is 5.97 Å². The van der Waals surface area contributed by atoms with Crippen molar-refractivity contribution < 1.29 is 32.1 Å². The third kappa shape index (κ3) is 6.18. The summed E-state index contributed by atoms with van der Waals surface area (Å²) in [5, 5.41) is 2.60. The number of benzene rings is 1. The minimum Gasteiger partial charge on any atom is -0.460 e. The maximum atomic E-state index is 15.0. The molecule has 186 valence electrons. The highest BCUT2D eigenvalue weighted by atomic mass is 31.2. The van der Waals surface area contributed by atoms with Gasteiger partial charge < -0.3 is 18.9 Å². The highest BCUT2D eigenvalue weighted by Gasteiger charge is 2.59. The third-order valence-corrected chi connectivity index (χ3v) is 7.12. The SMILES string of the molecule is C=C1N=C(C)C=CN1[C@@H]1O[C@H](COP(C)(=O)N[C@@H](C)C(=O)OCc2ccccc2)C(C)C1(F)F. The van der Waals surface area contributed by atoms with Gasteiger partial charge in [0, 0.05) is 18.6 Å². The average Bonchev–Trinajstić information content (AvgIpc) is 3.00. The van der Waals surface area contributed by atoms with Crippen LogP contribution in [0.3, 0.4) is 0 Å². The molecule has 3 rings (SSSR count). The fraction of sp³-hybridized carbons (Fsp3) is 0.478. The van der Waals surface area contributed by atoms with Crippen LogP contribution < -0.4 is 5.09 Å². The van der Waals surface area contributed by atoms with E-state index in [1.807, 2.05) is 30.3 Å². The number of hydrogen-bond donors (Lipinski definition) is 1. The maximum absolute atomic E-state index is 15.0. The number of hydrogen-bond acceptors (Lipinski definition) is 7. The molecular weight excluding hydrogens is 467 g/mol. The van der Waals surface area contributed by atoms with Crippen LogP contribution in [-0.4, -0.2) is 54.1 Å². The van der Waals surface area contributed by atoms with Crippen molar-refractivity contribution in [2.24, 2.45) is 10.9 Å². The van der Waals surface area contributed by atoms with Gasteiger partial charge in [0.2, 0.25) is 0 Å². The van der Waals surface area contributed by atoms with Gasteiger partial charge in [-0.3, -0.25) is 9.36 Å². The second-order valence-electron chi connectivity index (χ2n) is 8.47. The molecular formula is C23H30F2N3O5P. The molecule has 0 bridgehead atoms. The van der Waals surface area contributed by atoms with Crippen LogP contribution in [0.5, 0.6) is 0 Å². The minimum atomic E-state index is -3.53. The number of nitrogens with zero attached hydrogens (tertiary/aromatic N) is 2. The van der Waals surface area contributed by atoms with Crippen molar-refractivity contribution in [3.63, 3.8) is 0 Å². The molecule has 1 fully saturated rings. The summed E-state index contributed by atoms with van der Waals surface area (Å²) in [5.41, 5.74) is 1.46. The minimum absolute atomic E-state index is 0.0737.